The third-order valence-corrected chi connectivity index (χ3v) is 5.07. The van der Waals surface area contributed by atoms with Crippen LogP contribution >= 0.6 is 0 Å². The van der Waals surface area contributed by atoms with Gasteiger partial charge in [0.05, 0.1) is 30.4 Å². The molecular formula is C22H27N3O4. The molecule has 2 N–H and O–H groups in total. The molecule has 0 bridgehead atoms. The van der Waals surface area contributed by atoms with Crippen LogP contribution in [0.3, 0.4) is 0 Å². The number of hydrogen-bond acceptors (Lipinski definition) is 6. The molecule has 3 aliphatic rings. The van der Waals surface area contributed by atoms with Crippen LogP contribution in [-0.2, 0) is 4.74 Å². The van der Waals surface area contributed by atoms with Crippen LogP contribution in [0, 0.1) is 10.1 Å². The van der Waals surface area contributed by atoms with E-state index in [4.69, 9.17) is 4.74 Å². The van der Waals surface area contributed by atoms with Crippen LogP contribution in [-0.4, -0.2) is 41.6 Å². The SMILES string of the molecule is C=C1CC(CO)=CC(NCC2=NC(C)=CCC2OCC2=CCCC=C2)=C1[N+](=O)[O-]. The topological polar surface area (TPSA) is 97.0 Å². The molecule has 0 fully saturated rings. The van der Waals surface area contributed by atoms with E-state index in [1.165, 1.54) is 0 Å². The fraction of sp³-hybridized carbons (Fsp3) is 0.409. The Kier molecular flexibility index (Phi) is 6.95. The summed E-state index contributed by atoms with van der Waals surface area (Å²) in [6.45, 7) is 6.40. The molecule has 7 heteroatoms. The molecule has 1 atom stereocenters. The third-order valence-electron chi connectivity index (χ3n) is 5.07. The Bertz CT molecular complexity index is 874. The number of aliphatic imine (C=N–C) groups is 1. The van der Waals surface area contributed by atoms with Crippen LogP contribution in [0.2, 0.25) is 0 Å². The van der Waals surface area contributed by atoms with Crippen molar-refractivity contribution >= 4 is 5.71 Å². The van der Waals surface area contributed by atoms with E-state index in [1.54, 1.807) is 6.08 Å². The molecule has 0 aromatic carbocycles. The van der Waals surface area contributed by atoms with Crippen LogP contribution in [0.1, 0.15) is 32.6 Å². The first-order valence-corrected chi connectivity index (χ1v) is 9.80. The molecule has 0 saturated heterocycles. The summed E-state index contributed by atoms with van der Waals surface area (Å²) in [5.74, 6) is 0. The molecule has 0 saturated carbocycles. The maximum Gasteiger partial charge on any atom is 0.295 e. The molecule has 0 aromatic heterocycles. The number of rotatable bonds is 8. The number of hydrogen-bond donors (Lipinski definition) is 2. The maximum atomic E-state index is 11.5. The Labute approximate surface area is 170 Å². The molecule has 2 aliphatic carbocycles. The van der Waals surface area contributed by atoms with Gasteiger partial charge in [-0.1, -0.05) is 30.9 Å². The molecule has 0 spiro atoms. The summed E-state index contributed by atoms with van der Waals surface area (Å²) in [6.07, 6.45) is 13.0. The van der Waals surface area contributed by atoms with Gasteiger partial charge >= 0.3 is 0 Å². The van der Waals surface area contributed by atoms with Crippen LogP contribution in [0.5, 0.6) is 0 Å². The number of nitrogens with zero attached hydrogens (tertiary/aromatic N) is 2. The summed E-state index contributed by atoms with van der Waals surface area (Å²) < 4.78 is 6.10. The monoisotopic (exact) mass is 397 g/mol. The number of ether oxygens (including phenoxy) is 1. The van der Waals surface area contributed by atoms with Gasteiger partial charge < -0.3 is 15.2 Å². The fourth-order valence-electron chi connectivity index (χ4n) is 3.57. The standard InChI is InChI=1S/C22H27N3O4/c1-15-10-18(13-26)11-19(22(15)25(27)28)23-12-20-21(9-8-16(2)24-20)29-14-17-6-4-3-5-7-17/h4,6-8,11,21,23,26H,1,3,5,9-10,12-14H2,2H3. The highest BCUT2D eigenvalue weighted by Crippen LogP contribution is 2.27. The molecular weight excluding hydrogens is 370 g/mol. The average Bonchev–Trinajstić information content (AvgIpc) is 2.71. The van der Waals surface area contributed by atoms with Gasteiger partial charge in [0, 0.05) is 17.7 Å². The molecule has 0 radical (unpaired) electrons. The molecule has 0 amide bonds. The predicted octanol–water partition coefficient (Wildman–Crippen LogP) is 3.35. The van der Waals surface area contributed by atoms with Crippen LogP contribution < -0.4 is 5.32 Å². The molecule has 7 nitrogen and oxygen atoms in total. The third kappa shape index (κ3) is 5.40. The average molecular weight is 397 g/mol. The van der Waals surface area contributed by atoms with E-state index in [0.29, 0.717) is 36.4 Å². The summed E-state index contributed by atoms with van der Waals surface area (Å²) in [5.41, 5.74) is 4.25. The largest absolute Gasteiger partial charge is 0.392 e. The van der Waals surface area contributed by atoms with E-state index >= 15 is 0 Å². The maximum absolute atomic E-state index is 11.5. The van der Waals surface area contributed by atoms with E-state index in [9.17, 15) is 15.2 Å². The first kappa shape index (κ1) is 21.0. The van der Waals surface area contributed by atoms with Crippen LogP contribution in [0.4, 0.5) is 0 Å². The van der Waals surface area contributed by atoms with Gasteiger partial charge in [-0.05, 0) is 43.4 Å². The minimum atomic E-state index is -0.432. The molecule has 154 valence electrons. The first-order valence-electron chi connectivity index (χ1n) is 9.80. The summed E-state index contributed by atoms with van der Waals surface area (Å²) in [5, 5.41) is 24.1. The highest BCUT2D eigenvalue weighted by atomic mass is 16.6. The van der Waals surface area contributed by atoms with E-state index in [2.05, 4.69) is 35.1 Å². The van der Waals surface area contributed by atoms with Gasteiger partial charge in [0.2, 0.25) is 0 Å². The van der Waals surface area contributed by atoms with Gasteiger partial charge in [0.25, 0.3) is 5.70 Å². The van der Waals surface area contributed by atoms with E-state index < -0.39 is 4.92 Å². The minimum absolute atomic E-state index is 0.0409. The van der Waals surface area contributed by atoms with Crippen molar-refractivity contribution in [2.45, 2.75) is 38.7 Å². The molecule has 3 rings (SSSR count). The summed E-state index contributed by atoms with van der Waals surface area (Å²) in [6, 6.07) is 0. The molecule has 1 unspecified atom stereocenters. The zero-order valence-corrected chi connectivity index (χ0v) is 16.7. The molecule has 29 heavy (non-hydrogen) atoms. The zero-order chi connectivity index (χ0) is 20.8. The number of nitrogens with one attached hydrogen (secondary N) is 1. The number of aliphatic hydroxyl groups excluding tert-OH is 1. The predicted molar refractivity (Wildman–Crippen MR) is 113 cm³/mol. The Morgan fingerprint density at radius 1 is 1.41 bits per heavy atom. The van der Waals surface area contributed by atoms with Crippen LogP contribution in [0.25, 0.3) is 0 Å². The summed E-state index contributed by atoms with van der Waals surface area (Å²) >= 11 is 0. The molecule has 1 heterocycles. The van der Waals surface area contributed by atoms with Gasteiger partial charge in [-0.25, -0.2) is 0 Å². The second-order valence-electron chi connectivity index (χ2n) is 7.36. The second-order valence-corrected chi connectivity index (χ2v) is 7.36. The second kappa shape index (κ2) is 9.62. The van der Waals surface area contributed by atoms with Gasteiger partial charge in [-0.2, -0.15) is 0 Å². The van der Waals surface area contributed by atoms with E-state index in [1.807, 2.05) is 13.0 Å². The Hall–Kier alpha value is -2.77. The number of allylic oxidation sites excluding steroid dienone is 5. The van der Waals surface area contributed by atoms with Crippen molar-refractivity contribution < 1.29 is 14.8 Å². The van der Waals surface area contributed by atoms with Crippen LogP contribution in [0.15, 0.2) is 75.8 Å². The molecule has 1 aliphatic heterocycles. The van der Waals surface area contributed by atoms with E-state index in [0.717, 1.165) is 36.2 Å². The Morgan fingerprint density at radius 3 is 2.93 bits per heavy atom. The fourth-order valence-corrected chi connectivity index (χ4v) is 3.57. The first-order chi connectivity index (χ1) is 14.0. The quantitative estimate of drug-likeness (QED) is 0.484. The van der Waals surface area contributed by atoms with E-state index in [-0.39, 0.29) is 18.4 Å². The lowest BCUT2D eigenvalue weighted by Gasteiger charge is -2.24. The molecule has 0 aromatic rings. The lowest BCUT2D eigenvalue weighted by Crippen LogP contribution is -2.36. The summed E-state index contributed by atoms with van der Waals surface area (Å²) in [4.78, 5) is 15.7. The number of aliphatic hydroxyl groups is 1. The lowest BCUT2D eigenvalue weighted by molar-refractivity contribution is -0.422. The van der Waals surface area contributed by atoms with Crippen molar-refractivity contribution in [3.63, 3.8) is 0 Å². The Morgan fingerprint density at radius 2 is 2.24 bits per heavy atom. The number of nitro groups is 1. The summed E-state index contributed by atoms with van der Waals surface area (Å²) in [7, 11) is 0. The minimum Gasteiger partial charge on any atom is -0.392 e. The smallest absolute Gasteiger partial charge is 0.295 e. The van der Waals surface area contributed by atoms with Gasteiger partial charge in [0.15, 0.2) is 0 Å². The van der Waals surface area contributed by atoms with Crippen molar-refractivity contribution in [1.82, 2.24) is 5.32 Å². The Balaban J connectivity index is 1.72. The van der Waals surface area contributed by atoms with Gasteiger partial charge in [0.1, 0.15) is 11.8 Å². The zero-order valence-electron chi connectivity index (χ0n) is 16.7. The van der Waals surface area contributed by atoms with Gasteiger partial charge in [-0.15, -0.1) is 0 Å². The van der Waals surface area contributed by atoms with Crippen molar-refractivity contribution in [2.24, 2.45) is 4.99 Å². The normalized spacial score (nSPS) is 22.0. The van der Waals surface area contributed by atoms with Crippen molar-refractivity contribution in [3.8, 4) is 0 Å². The van der Waals surface area contributed by atoms with Crippen molar-refractivity contribution in [2.75, 3.05) is 19.8 Å². The van der Waals surface area contributed by atoms with Gasteiger partial charge in [-0.3, -0.25) is 15.1 Å². The highest BCUT2D eigenvalue weighted by Gasteiger charge is 2.27. The lowest BCUT2D eigenvalue weighted by atomic mass is 9.96. The van der Waals surface area contributed by atoms with Crippen molar-refractivity contribution in [1.29, 1.82) is 0 Å². The van der Waals surface area contributed by atoms with Crippen molar-refractivity contribution in [3.05, 3.63) is 80.9 Å². The highest BCUT2D eigenvalue weighted by molar-refractivity contribution is 5.92.